The molecule has 0 aliphatic heterocycles. The number of nitrogens with zero attached hydrogens (tertiary/aromatic N) is 1. The Hall–Kier alpha value is -1.55. The van der Waals surface area contributed by atoms with Crippen LogP contribution in [0.25, 0.3) is 0 Å². The van der Waals surface area contributed by atoms with E-state index in [1.54, 1.807) is 6.92 Å². The molecule has 0 saturated heterocycles. The minimum absolute atomic E-state index is 0.128. The van der Waals surface area contributed by atoms with Crippen LogP contribution in [0.4, 0.5) is 5.69 Å². The molecule has 0 saturated carbocycles. The summed E-state index contributed by atoms with van der Waals surface area (Å²) in [6, 6.07) is 7.58. The summed E-state index contributed by atoms with van der Waals surface area (Å²) in [5.41, 5.74) is 7.66. The third-order valence-corrected chi connectivity index (χ3v) is 2.33. The lowest BCUT2D eigenvalue weighted by Crippen LogP contribution is -2.37. The zero-order chi connectivity index (χ0) is 12.1. The number of carbonyl (C=O) groups is 1. The number of nitrogens with two attached hydrogens (primary N) is 1. The fourth-order valence-corrected chi connectivity index (χ4v) is 1.26. The molecule has 0 aromatic heterocycles. The lowest BCUT2D eigenvalue weighted by molar-refractivity contribution is -0.122. The van der Waals surface area contributed by atoms with Gasteiger partial charge < -0.3 is 16.0 Å². The van der Waals surface area contributed by atoms with Crippen LogP contribution in [0, 0.1) is 0 Å². The third kappa shape index (κ3) is 3.55. The molecule has 3 N–H and O–H groups in total. The van der Waals surface area contributed by atoms with Crippen LogP contribution in [0.5, 0.6) is 0 Å². The van der Waals surface area contributed by atoms with Gasteiger partial charge in [-0.2, -0.15) is 0 Å². The second-order valence-electron chi connectivity index (χ2n) is 4.07. The molecule has 4 heteroatoms. The van der Waals surface area contributed by atoms with E-state index in [1.807, 2.05) is 43.3 Å². The van der Waals surface area contributed by atoms with Crippen molar-refractivity contribution in [3.05, 3.63) is 29.8 Å². The Labute approximate surface area is 96.4 Å². The highest BCUT2D eigenvalue weighted by Crippen LogP contribution is 2.11. The van der Waals surface area contributed by atoms with Crippen molar-refractivity contribution in [2.24, 2.45) is 5.73 Å². The highest BCUT2D eigenvalue weighted by Gasteiger charge is 2.05. The van der Waals surface area contributed by atoms with Gasteiger partial charge in [0.25, 0.3) is 0 Å². The van der Waals surface area contributed by atoms with Crippen molar-refractivity contribution < 1.29 is 4.79 Å². The van der Waals surface area contributed by atoms with E-state index in [-0.39, 0.29) is 5.91 Å². The summed E-state index contributed by atoms with van der Waals surface area (Å²) >= 11 is 0. The summed E-state index contributed by atoms with van der Waals surface area (Å²) in [6.07, 6.45) is 0. The van der Waals surface area contributed by atoms with E-state index < -0.39 is 6.04 Å². The van der Waals surface area contributed by atoms with E-state index in [9.17, 15) is 4.79 Å². The molecule has 0 fully saturated rings. The second kappa shape index (κ2) is 5.51. The van der Waals surface area contributed by atoms with Gasteiger partial charge in [0, 0.05) is 26.3 Å². The molecular formula is C12H19N3O. The Morgan fingerprint density at radius 2 is 1.94 bits per heavy atom. The first kappa shape index (κ1) is 12.5. The highest BCUT2D eigenvalue weighted by atomic mass is 16.2. The molecule has 88 valence electrons. The van der Waals surface area contributed by atoms with Crippen molar-refractivity contribution in [3.8, 4) is 0 Å². The molecule has 0 aliphatic carbocycles. The van der Waals surface area contributed by atoms with Crippen molar-refractivity contribution in [1.82, 2.24) is 5.32 Å². The van der Waals surface area contributed by atoms with E-state index in [0.717, 1.165) is 11.3 Å². The van der Waals surface area contributed by atoms with Gasteiger partial charge in [-0.25, -0.2) is 0 Å². The number of carbonyl (C=O) groups excluding carboxylic acids is 1. The molecule has 1 amide bonds. The van der Waals surface area contributed by atoms with Crippen LogP contribution in [-0.2, 0) is 11.3 Å². The number of hydrogen-bond acceptors (Lipinski definition) is 3. The molecule has 1 aromatic rings. The van der Waals surface area contributed by atoms with Crippen molar-refractivity contribution in [2.45, 2.75) is 19.5 Å². The van der Waals surface area contributed by atoms with E-state index in [2.05, 4.69) is 5.32 Å². The summed E-state index contributed by atoms with van der Waals surface area (Å²) in [5.74, 6) is -0.128. The summed E-state index contributed by atoms with van der Waals surface area (Å²) in [5, 5.41) is 2.77. The summed E-state index contributed by atoms with van der Waals surface area (Å²) < 4.78 is 0. The summed E-state index contributed by atoms with van der Waals surface area (Å²) in [7, 11) is 3.99. The number of anilines is 1. The van der Waals surface area contributed by atoms with E-state index in [4.69, 9.17) is 5.73 Å². The first-order chi connectivity index (χ1) is 7.50. The standard InChI is InChI=1S/C12H19N3O/c1-9(13)12(16)14-8-10-4-6-11(7-5-10)15(2)3/h4-7,9H,8,13H2,1-3H3,(H,14,16)/t9-/m1/s1. The molecule has 0 heterocycles. The lowest BCUT2D eigenvalue weighted by atomic mass is 10.2. The van der Waals surface area contributed by atoms with Crippen LogP contribution in [0.3, 0.4) is 0 Å². The van der Waals surface area contributed by atoms with Crippen molar-refractivity contribution in [3.63, 3.8) is 0 Å². The Kier molecular flexibility index (Phi) is 4.31. The van der Waals surface area contributed by atoms with Crippen molar-refractivity contribution in [2.75, 3.05) is 19.0 Å². The number of rotatable bonds is 4. The van der Waals surface area contributed by atoms with Gasteiger partial charge in [-0.05, 0) is 24.6 Å². The van der Waals surface area contributed by atoms with Crippen molar-refractivity contribution in [1.29, 1.82) is 0 Å². The molecule has 16 heavy (non-hydrogen) atoms. The molecule has 0 aliphatic rings. The predicted molar refractivity (Wildman–Crippen MR) is 66.3 cm³/mol. The number of benzene rings is 1. The fraction of sp³-hybridized carbons (Fsp3) is 0.417. The van der Waals surface area contributed by atoms with E-state index in [1.165, 1.54) is 0 Å². The molecule has 1 rings (SSSR count). The lowest BCUT2D eigenvalue weighted by Gasteiger charge is -2.13. The van der Waals surface area contributed by atoms with Crippen LogP contribution in [-0.4, -0.2) is 26.0 Å². The summed E-state index contributed by atoms with van der Waals surface area (Å²) in [6.45, 7) is 2.19. The van der Waals surface area contributed by atoms with Crippen LogP contribution in [0.2, 0.25) is 0 Å². The SMILES string of the molecule is C[C@@H](N)C(=O)NCc1ccc(N(C)C)cc1. The van der Waals surface area contributed by atoms with Gasteiger partial charge in [0.2, 0.25) is 5.91 Å². The first-order valence-electron chi connectivity index (χ1n) is 5.30. The maximum atomic E-state index is 11.2. The largest absolute Gasteiger partial charge is 0.378 e. The molecule has 1 atom stereocenters. The average molecular weight is 221 g/mol. The Bertz CT molecular complexity index is 344. The number of nitrogens with one attached hydrogen (secondary N) is 1. The van der Waals surface area contributed by atoms with Gasteiger partial charge in [-0.1, -0.05) is 12.1 Å². The third-order valence-electron chi connectivity index (χ3n) is 2.33. The Morgan fingerprint density at radius 1 is 1.38 bits per heavy atom. The molecule has 0 radical (unpaired) electrons. The molecule has 4 nitrogen and oxygen atoms in total. The zero-order valence-corrected chi connectivity index (χ0v) is 10.0. The van der Waals surface area contributed by atoms with Crippen LogP contribution in [0.15, 0.2) is 24.3 Å². The molecular weight excluding hydrogens is 202 g/mol. The smallest absolute Gasteiger partial charge is 0.236 e. The minimum atomic E-state index is -0.457. The maximum Gasteiger partial charge on any atom is 0.236 e. The van der Waals surface area contributed by atoms with Gasteiger partial charge in [0.05, 0.1) is 6.04 Å². The zero-order valence-electron chi connectivity index (χ0n) is 10.0. The number of hydrogen-bond donors (Lipinski definition) is 2. The number of amides is 1. The molecule has 0 bridgehead atoms. The maximum absolute atomic E-state index is 11.2. The van der Waals surface area contributed by atoms with Gasteiger partial charge in [0.15, 0.2) is 0 Å². The molecule has 1 aromatic carbocycles. The monoisotopic (exact) mass is 221 g/mol. The van der Waals surface area contributed by atoms with Gasteiger partial charge in [0.1, 0.15) is 0 Å². The highest BCUT2D eigenvalue weighted by molar-refractivity contribution is 5.80. The topological polar surface area (TPSA) is 58.4 Å². The van der Waals surface area contributed by atoms with Crippen LogP contribution >= 0.6 is 0 Å². The van der Waals surface area contributed by atoms with Crippen LogP contribution < -0.4 is 16.0 Å². The van der Waals surface area contributed by atoms with Gasteiger partial charge in [-0.3, -0.25) is 4.79 Å². The van der Waals surface area contributed by atoms with Gasteiger partial charge in [-0.15, -0.1) is 0 Å². The van der Waals surface area contributed by atoms with Gasteiger partial charge >= 0.3 is 0 Å². The predicted octanol–water partition coefficient (Wildman–Crippen LogP) is 0.716. The Morgan fingerprint density at radius 3 is 2.38 bits per heavy atom. The van der Waals surface area contributed by atoms with Crippen molar-refractivity contribution >= 4 is 11.6 Å². The fourth-order valence-electron chi connectivity index (χ4n) is 1.26. The molecule has 0 spiro atoms. The average Bonchev–Trinajstić information content (AvgIpc) is 2.26. The quantitative estimate of drug-likeness (QED) is 0.787. The second-order valence-corrected chi connectivity index (χ2v) is 4.07. The van der Waals surface area contributed by atoms with E-state index in [0.29, 0.717) is 6.54 Å². The van der Waals surface area contributed by atoms with Crippen LogP contribution in [0.1, 0.15) is 12.5 Å². The minimum Gasteiger partial charge on any atom is -0.378 e. The first-order valence-corrected chi connectivity index (χ1v) is 5.30. The van der Waals surface area contributed by atoms with E-state index >= 15 is 0 Å². The summed E-state index contributed by atoms with van der Waals surface area (Å²) in [4.78, 5) is 13.3. The molecule has 0 unspecified atom stereocenters. The normalized spacial score (nSPS) is 12.0. The Balaban J connectivity index is 2.53.